The highest BCUT2D eigenvalue weighted by molar-refractivity contribution is 5.46. The van der Waals surface area contributed by atoms with E-state index in [1.165, 1.54) is 5.56 Å². The summed E-state index contributed by atoms with van der Waals surface area (Å²) in [6.07, 6.45) is 4.70. The van der Waals surface area contributed by atoms with Gasteiger partial charge < -0.3 is 9.80 Å². The van der Waals surface area contributed by atoms with E-state index in [9.17, 15) is 0 Å². The van der Waals surface area contributed by atoms with Crippen molar-refractivity contribution in [2.24, 2.45) is 5.92 Å². The maximum Gasteiger partial charge on any atom is 0.227 e. The van der Waals surface area contributed by atoms with Gasteiger partial charge in [-0.25, -0.2) is 15.0 Å². The van der Waals surface area contributed by atoms with Gasteiger partial charge in [0.05, 0.1) is 12.2 Å². The largest absolute Gasteiger partial charge is 0.360 e. The van der Waals surface area contributed by atoms with Crippen molar-refractivity contribution in [2.75, 3.05) is 23.4 Å². The van der Waals surface area contributed by atoms with Crippen LogP contribution in [0.15, 0.2) is 18.5 Å². The van der Waals surface area contributed by atoms with Gasteiger partial charge in [0.25, 0.3) is 0 Å². The van der Waals surface area contributed by atoms with Gasteiger partial charge in [0, 0.05) is 44.5 Å². The second-order valence-corrected chi connectivity index (χ2v) is 6.44. The van der Waals surface area contributed by atoms with Crippen LogP contribution in [0, 0.1) is 5.92 Å². The van der Waals surface area contributed by atoms with Gasteiger partial charge >= 0.3 is 0 Å². The number of hydrogen-bond acceptors (Lipinski definition) is 6. The third-order valence-electron chi connectivity index (χ3n) is 4.07. The summed E-state index contributed by atoms with van der Waals surface area (Å²) in [5.41, 5.74) is 2.28. The third-order valence-corrected chi connectivity index (χ3v) is 4.07. The van der Waals surface area contributed by atoms with Crippen LogP contribution in [0.5, 0.6) is 0 Å². The first-order valence-corrected chi connectivity index (χ1v) is 8.19. The van der Waals surface area contributed by atoms with Gasteiger partial charge in [-0.1, -0.05) is 13.8 Å². The molecule has 0 aromatic carbocycles. The van der Waals surface area contributed by atoms with Crippen molar-refractivity contribution in [3.63, 3.8) is 0 Å². The fourth-order valence-corrected chi connectivity index (χ4v) is 2.67. The zero-order valence-electron chi connectivity index (χ0n) is 14.3. The van der Waals surface area contributed by atoms with E-state index in [0.717, 1.165) is 49.3 Å². The molecule has 0 saturated carbocycles. The molecule has 3 rings (SSSR count). The molecule has 23 heavy (non-hydrogen) atoms. The minimum atomic E-state index is 0.565. The predicted octanol–water partition coefficient (Wildman–Crippen LogP) is 2.44. The van der Waals surface area contributed by atoms with Gasteiger partial charge in [-0.05, 0) is 18.9 Å². The molecule has 0 unspecified atom stereocenters. The Morgan fingerprint density at radius 2 is 2.04 bits per heavy atom. The van der Waals surface area contributed by atoms with Gasteiger partial charge in [0.2, 0.25) is 5.95 Å². The minimum absolute atomic E-state index is 0.565. The van der Waals surface area contributed by atoms with Crippen molar-refractivity contribution in [3.05, 3.63) is 35.5 Å². The minimum Gasteiger partial charge on any atom is -0.360 e. The average Bonchev–Trinajstić information content (AvgIpc) is 2.97. The zero-order valence-corrected chi connectivity index (χ0v) is 14.3. The van der Waals surface area contributed by atoms with E-state index in [4.69, 9.17) is 4.98 Å². The molecule has 0 N–H and O–H groups in total. The smallest absolute Gasteiger partial charge is 0.227 e. The second-order valence-electron chi connectivity index (χ2n) is 6.44. The van der Waals surface area contributed by atoms with Gasteiger partial charge in [-0.15, -0.1) is 0 Å². The molecule has 122 valence electrons. The maximum absolute atomic E-state index is 4.72. The van der Waals surface area contributed by atoms with Crippen LogP contribution in [0.3, 0.4) is 0 Å². The summed E-state index contributed by atoms with van der Waals surface area (Å²) in [6.45, 7) is 8.93. The lowest BCUT2D eigenvalue weighted by molar-refractivity contribution is 0.617. The van der Waals surface area contributed by atoms with Crippen molar-refractivity contribution in [2.45, 2.75) is 40.3 Å². The highest BCUT2D eigenvalue weighted by Crippen LogP contribution is 2.25. The van der Waals surface area contributed by atoms with Crippen LogP contribution in [0.25, 0.3) is 0 Å². The second kappa shape index (κ2) is 6.48. The van der Waals surface area contributed by atoms with Crippen LogP contribution in [-0.2, 0) is 19.5 Å². The van der Waals surface area contributed by atoms with E-state index in [1.54, 1.807) is 0 Å². The Morgan fingerprint density at radius 3 is 2.78 bits per heavy atom. The lowest BCUT2D eigenvalue weighted by Gasteiger charge is -2.19. The topological polar surface area (TPSA) is 58.0 Å². The SMILES string of the molecule is CCN(C)c1ccnc(N2Cc3cnc(CC(C)C)nc3C2)n1. The first-order chi connectivity index (χ1) is 11.1. The molecule has 6 nitrogen and oxygen atoms in total. The molecule has 1 aliphatic heterocycles. The number of anilines is 2. The average molecular weight is 312 g/mol. The fourth-order valence-electron chi connectivity index (χ4n) is 2.67. The van der Waals surface area contributed by atoms with Crippen LogP contribution in [-0.4, -0.2) is 33.5 Å². The highest BCUT2D eigenvalue weighted by atomic mass is 15.3. The monoisotopic (exact) mass is 312 g/mol. The Balaban J connectivity index is 1.79. The van der Waals surface area contributed by atoms with Crippen molar-refractivity contribution in [1.29, 1.82) is 0 Å². The molecule has 0 fully saturated rings. The highest BCUT2D eigenvalue weighted by Gasteiger charge is 2.23. The predicted molar refractivity (Wildman–Crippen MR) is 91.4 cm³/mol. The fraction of sp³-hybridized carbons (Fsp3) is 0.529. The molecule has 0 amide bonds. The Labute approximate surface area is 137 Å². The Kier molecular flexibility index (Phi) is 4.41. The zero-order chi connectivity index (χ0) is 16.4. The number of hydrogen-bond donors (Lipinski definition) is 0. The normalized spacial score (nSPS) is 13.5. The molecule has 0 radical (unpaired) electrons. The summed E-state index contributed by atoms with van der Waals surface area (Å²) >= 11 is 0. The molecular formula is C17H24N6. The molecule has 0 atom stereocenters. The Bertz CT molecular complexity index is 685. The Hall–Kier alpha value is -2.24. The van der Waals surface area contributed by atoms with Crippen molar-refractivity contribution in [1.82, 2.24) is 19.9 Å². The standard InChI is InChI=1S/C17H24N6/c1-5-22(4)16-6-7-18-17(21-16)23-10-13-9-19-15(8-12(2)3)20-14(13)11-23/h6-7,9,12H,5,8,10-11H2,1-4H3. The van der Waals surface area contributed by atoms with Crippen LogP contribution >= 0.6 is 0 Å². The summed E-state index contributed by atoms with van der Waals surface area (Å²) in [5, 5.41) is 0. The third kappa shape index (κ3) is 3.41. The molecule has 0 aliphatic carbocycles. The summed E-state index contributed by atoms with van der Waals surface area (Å²) in [7, 11) is 2.04. The Morgan fingerprint density at radius 1 is 1.22 bits per heavy atom. The van der Waals surface area contributed by atoms with E-state index < -0.39 is 0 Å². The molecule has 2 aromatic heterocycles. The van der Waals surface area contributed by atoms with Crippen LogP contribution in [0.4, 0.5) is 11.8 Å². The van der Waals surface area contributed by atoms with Crippen molar-refractivity contribution < 1.29 is 0 Å². The molecule has 0 saturated heterocycles. The first kappa shape index (κ1) is 15.6. The number of aromatic nitrogens is 4. The van der Waals surface area contributed by atoms with Gasteiger partial charge in [-0.3, -0.25) is 0 Å². The molecule has 0 spiro atoms. The summed E-state index contributed by atoms with van der Waals surface area (Å²) in [5.74, 6) is 3.20. The van der Waals surface area contributed by atoms with Crippen LogP contribution in [0.2, 0.25) is 0 Å². The molecule has 3 heterocycles. The summed E-state index contributed by atoms with van der Waals surface area (Å²) in [6, 6.07) is 1.94. The molecule has 2 aromatic rings. The molecule has 6 heteroatoms. The van der Waals surface area contributed by atoms with Gasteiger partial charge in [-0.2, -0.15) is 4.98 Å². The summed E-state index contributed by atoms with van der Waals surface area (Å²) in [4.78, 5) is 22.6. The molecule has 0 bridgehead atoms. The first-order valence-electron chi connectivity index (χ1n) is 8.19. The van der Waals surface area contributed by atoms with Crippen molar-refractivity contribution in [3.8, 4) is 0 Å². The van der Waals surface area contributed by atoms with E-state index >= 15 is 0 Å². The molecule has 1 aliphatic rings. The van der Waals surface area contributed by atoms with E-state index in [2.05, 4.69) is 45.5 Å². The lowest BCUT2D eigenvalue weighted by atomic mass is 10.1. The number of rotatable bonds is 5. The maximum atomic E-state index is 4.72. The van der Waals surface area contributed by atoms with Crippen LogP contribution in [0.1, 0.15) is 37.9 Å². The number of fused-ring (bicyclic) bond motifs is 1. The van der Waals surface area contributed by atoms with Crippen LogP contribution < -0.4 is 9.80 Å². The van der Waals surface area contributed by atoms with E-state index in [1.807, 2.05) is 25.5 Å². The van der Waals surface area contributed by atoms with Gasteiger partial charge in [0.1, 0.15) is 11.6 Å². The summed E-state index contributed by atoms with van der Waals surface area (Å²) < 4.78 is 0. The molecular weight excluding hydrogens is 288 g/mol. The lowest BCUT2D eigenvalue weighted by Crippen LogP contribution is -2.21. The van der Waals surface area contributed by atoms with E-state index in [0.29, 0.717) is 5.92 Å². The van der Waals surface area contributed by atoms with Gasteiger partial charge in [0.15, 0.2) is 0 Å². The quantitative estimate of drug-likeness (QED) is 0.845. The van der Waals surface area contributed by atoms with E-state index in [-0.39, 0.29) is 0 Å². The number of nitrogens with zero attached hydrogens (tertiary/aromatic N) is 6. The van der Waals surface area contributed by atoms with Crippen molar-refractivity contribution >= 4 is 11.8 Å².